The number of esters is 2. The Balaban J connectivity index is 1.86. The lowest BCUT2D eigenvalue weighted by Crippen LogP contribution is -2.40. The van der Waals surface area contributed by atoms with Crippen molar-refractivity contribution < 1.29 is 19.1 Å². The summed E-state index contributed by atoms with van der Waals surface area (Å²) in [5.74, 6) is -0.505. The lowest BCUT2D eigenvalue weighted by Gasteiger charge is -2.25. The fraction of sp³-hybridized carbons (Fsp3) is 0.231. The number of benzene rings is 2. The number of halogens is 1. The molecule has 2 heterocycles. The Morgan fingerprint density at radius 1 is 1.11 bits per heavy atom. The summed E-state index contributed by atoms with van der Waals surface area (Å²) in [4.78, 5) is 42.9. The van der Waals surface area contributed by atoms with Crippen LogP contribution in [-0.2, 0) is 14.3 Å². The highest BCUT2D eigenvalue weighted by Crippen LogP contribution is 2.31. The van der Waals surface area contributed by atoms with E-state index < -0.39 is 18.0 Å². The quantitative estimate of drug-likeness (QED) is 0.385. The van der Waals surface area contributed by atoms with E-state index in [1.165, 1.54) is 22.8 Å². The number of carbonyl (C=O) groups is 2. The molecule has 1 atom stereocenters. The number of hydrogen-bond donors (Lipinski definition) is 0. The monoisotopic (exact) mass is 510 g/mol. The van der Waals surface area contributed by atoms with Crippen LogP contribution in [-0.4, -0.2) is 22.6 Å². The summed E-state index contributed by atoms with van der Waals surface area (Å²) in [6.45, 7) is 6.61. The van der Waals surface area contributed by atoms with Crippen LogP contribution in [0.2, 0.25) is 5.02 Å². The molecule has 0 N–H and O–H groups in total. The maximum absolute atomic E-state index is 13.6. The summed E-state index contributed by atoms with van der Waals surface area (Å²) in [6.07, 6.45) is 1.42. The second kappa shape index (κ2) is 10.0. The molecule has 0 saturated carbocycles. The first-order valence-electron chi connectivity index (χ1n) is 10.9. The van der Waals surface area contributed by atoms with Gasteiger partial charge in [-0.2, -0.15) is 0 Å². The number of fused-ring (bicyclic) bond motifs is 1. The first-order valence-corrected chi connectivity index (χ1v) is 12.1. The number of ether oxygens (including phenoxy) is 2. The van der Waals surface area contributed by atoms with Crippen molar-refractivity contribution in [1.82, 2.24) is 4.57 Å². The average molecular weight is 511 g/mol. The molecule has 9 heteroatoms. The van der Waals surface area contributed by atoms with Gasteiger partial charge in [0.1, 0.15) is 5.75 Å². The van der Waals surface area contributed by atoms with Gasteiger partial charge in [0.25, 0.3) is 5.56 Å². The Bertz CT molecular complexity index is 1500. The van der Waals surface area contributed by atoms with Crippen LogP contribution in [0.1, 0.15) is 44.9 Å². The number of thiazole rings is 1. The molecule has 2 aromatic carbocycles. The van der Waals surface area contributed by atoms with E-state index in [2.05, 4.69) is 4.99 Å². The molecule has 0 aliphatic carbocycles. The summed E-state index contributed by atoms with van der Waals surface area (Å²) in [6, 6.07) is 13.1. The van der Waals surface area contributed by atoms with Gasteiger partial charge in [-0.05, 0) is 62.2 Å². The minimum Gasteiger partial charge on any atom is -0.459 e. The van der Waals surface area contributed by atoms with Gasteiger partial charge in [-0.3, -0.25) is 14.2 Å². The maximum Gasteiger partial charge on any atom is 0.338 e. The molecule has 7 nitrogen and oxygen atoms in total. The van der Waals surface area contributed by atoms with Gasteiger partial charge in [0.05, 0.1) is 27.9 Å². The number of allylic oxidation sites excluding steroid dienone is 1. The summed E-state index contributed by atoms with van der Waals surface area (Å²) in [7, 11) is 0. The zero-order chi connectivity index (χ0) is 25.3. The van der Waals surface area contributed by atoms with E-state index in [0.29, 0.717) is 31.4 Å². The first-order chi connectivity index (χ1) is 16.6. The Kier molecular flexibility index (Phi) is 7.05. The second-order valence-corrected chi connectivity index (χ2v) is 9.70. The van der Waals surface area contributed by atoms with E-state index in [-0.39, 0.29) is 11.7 Å². The smallest absolute Gasteiger partial charge is 0.338 e. The van der Waals surface area contributed by atoms with Gasteiger partial charge in [0, 0.05) is 11.9 Å². The maximum atomic E-state index is 13.6. The van der Waals surface area contributed by atoms with Crippen molar-refractivity contribution >= 4 is 41.0 Å². The van der Waals surface area contributed by atoms with E-state index in [0.717, 1.165) is 11.1 Å². The van der Waals surface area contributed by atoms with Crippen LogP contribution in [0, 0.1) is 0 Å². The van der Waals surface area contributed by atoms with Gasteiger partial charge in [-0.15, -0.1) is 0 Å². The van der Waals surface area contributed by atoms with Crippen LogP contribution < -0.4 is 19.6 Å². The van der Waals surface area contributed by atoms with Crippen molar-refractivity contribution in [2.24, 2.45) is 4.99 Å². The first kappa shape index (κ1) is 24.6. The fourth-order valence-electron chi connectivity index (χ4n) is 3.77. The molecule has 0 bridgehead atoms. The summed E-state index contributed by atoms with van der Waals surface area (Å²) < 4.78 is 12.5. The van der Waals surface area contributed by atoms with Crippen LogP contribution in [0.4, 0.5) is 0 Å². The molecule has 1 aromatic heterocycles. The SMILES string of the molecule is CC(=O)Oc1ccc(/C=c2\sc3n(c2=O)C(c2ccc(Cl)cc2)C(C(=O)OC(C)C)=C(C)N=3)cc1. The van der Waals surface area contributed by atoms with Crippen molar-refractivity contribution in [1.29, 1.82) is 0 Å². The van der Waals surface area contributed by atoms with Gasteiger partial charge in [-0.1, -0.05) is 47.2 Å². The van der Waals surface area contributed by atoms with Crippen molar-refractivity contribution in [3.8, 4) is 5.75 Å². The van der Waals surface area contributed by atoms with E-state index in [1.807, 2.05) is 0 Å². The number of carbonyl (C=O) groups excluding carboxylic acids is 2. The summed E-state index contributed by atoms with van der Waals surface area (Å²) in [5, 5.41) is 0.547. The Morgan fingerprint density at radius 3 is 2.37 bits per heavy atom. The van der Waals surface area contributed by atoms with Crippen molar-refractivity contribution in [2.75, 3.05) is 0 Å². The molecule has 0 saturated heterocycles. The summed E-state index contributed by atoms with van der Waals surface area (Å²) >= 11 is 7.33. The lowest BCUT2D eigenvalue weighted by molar-refractivity contribution is -0.143. The second-order valence-electron chi connectivity index (χ2n) is 8.25. The molecule has 3 aromatic rings. The van der Waals surface area contributed by atoms with Crippen molar-refractivity contribution in [3.63, 3.8) is 0 Å². The van der Waals surface area contributed by atoms with Crippen LogP contribution in [0.15, 0.2) is 69.6 Å². The predicted molar refractivity (Wildman–Crippen MR) is 134 cm³/mol. The topological polar surface area (TPSA) is 87.0 Å². The number of aromatic nitrogens is 1. The molecule has 0 amide bonds. The van der Waals surface area contributed by atoms with Gasteiger partial charge in [0.15, 0.2) is 4.80 Å². The molecule has 35 heavy (non-hydrogen) atoms. The number of rotatable bonds is 5. The lowest BCUT2D eigenvalue weighted by atomic mass is 9.96. The standard InChI is InChI=1S/C26H23ClN2O5S/c1-14(2)33-25(32)22-15(3)28-26-29(23(22)18-7-9-19(27)10-8-18)24(31)21(35-26)13-17-5-11-20(12-6-17)34-16(4)30/h5-14,23H,1-4H3/b21-13-. The zero-order valence-electron chi connectivity index (χ0n) is 19.6. The van der Waals surface area contributed by atoms with Crippen LogP contribution in [0.5, 0.6) is 5.75 Å². The van der Waals surface area contributed by atoms with E-state index >= 15 is 0 Å². The van der Waals surface area contributed by atoms with Gasteiger partial charge < -0.3 is 9.47 Å². The zero-order valence-corrected chi connectivity index (χ0v) is 21.1. The van der Waals surface area contributed by atoms with E-state index in [1.54, 1.807) is 75.4 Å². The molecule has 1 aliphatic heterocycles. The number of nitrogens with zero attached hydrogens (tertiary/aromatic N) is 2. The normalized spacial score (nSPS) is 15.6. The van der Waals surface area contributed by atoms with Gasteiger partial charge in [0.2, 0.25) is 0 Å². The average Bonchev–Trinajstić information content (AvgIpc) is 3.08. The molecule has 0 radical (unpaired) electrons. The third kappa shape index (κ3) is 5.28. The molecular weight excluding hydrogens is 488 g/mol. The third-order valence-corrected chi connectivity index (χ3v) is 6.44. The fourth-order valence-corrected chi connectivity index (χ4v) is 4.94. The highest BCUT2D eigenvalue weighted by molar-refractivity contribution is 7.07. The third-order valence-electron chi connectivity index (χ3n) is 5.21. The predicted octanol–water partition coefficient (Wildman–Crippen LogP) is 3.77. The van der Waals surface area contributed by atoms with Crippen LogP contribution >= 0.6 is 22.9 Å². The largest absolute Gasteiger partial charge is 0.459 e. The molecular formula is C26H23ClN2O5S. The minimum atomic E-state index is -0.705. The van der Waals surface area contributed by atoms with E-state index in [4.69, 9.17) is 21.1 Å². The molecule has 0 spiro atoms. The summed E-state index contributed by atoms with van der Waals surface area (Å²) in [5.41, 5.74) is 2.00. The Labute approximate surface area is 210 Å². The minimum absolute atomic E-state index is 0.278. The highest BCUT2D eigenvalue weighted by atomic mass is 35.5. The molecule has 1 aliphatic rings. The molecule has 180 valence electrons. The van der Waals surface area contributed by atoms with Gasteiger partial charge in [-0.25, -0.2) is 9.79 Å². The molecule has 0 fully saturated rings. The van der Waals surface area contributed by atoms with Gasteiger partial charge >= 0.3 is 11.9 Å². The Morgan fingerprint density at radius 2 is 1.77 bits per heavy atom. The molecule has 1 unspecified atom stereocenters. The molecule has 4 rings (SSSR count). The Hall–Kier alpha value is -3.49. The van der Waals surface area contributed by atoms with Crippen LogP contribution in [0.25, 0.3) is 6.08 Å². The van der Waals surface area contributed by atoms with Crippen LogP contribution in [0.3, 0.4) is 0 Å². The number of hydrogen-bond acceptors (Lipinski definition) is 7. The highest BCUT2D eigenvalue weighted by Gasteiger charge is 2.33. The van der Waals surface area contributed by atoms with E-state index in [9.17, 15) is 14.4 Å². The van der Waals surface area contributed by atoms with Crippen molar-refractivity contribution in [3.05, 3.63) is 95.6 Å². The van der Waals surface area contributed by atoms with Crippen molar-refractivity contribution in [2.45, 2.75) is 39.8 Å².